The summed E-state index contributed by atoms with van der Waals surface area (Å²) in [5.74, 6) is 2.35. The van der Waals surface area contributed by atoms with Crippen LogP contribution in [0.5, 0.6) is 11.5 Å². The van der Waals surface area contributed by atoms with E-state index in [0.717, 1.165) is 40.6 Å². The Labute approximate surface area is 171 Å². The molecule has 154 valence electrons. The van der Waals surface area contributed by atoms with E-state index in [1.165, 1.54) is 0 Å². The van der Waals surface area contributed by atoms with Gasteiger partial charge < -0.3 is 19.1 Å². The number of hydrogen-bond acceptors (Lipinski definition) is 6. The van der Waals surface area contributed by atoms with Crippen molar-refractivity contribution in [1.29, 1.82) is 0 Å². The summed E-state index contributed by atoms with van der Waals surface area (Å²) in [6.45, 7) is 5.75. The van der Waals surface area contributed by atoms with Gasteiger partial charge >= 0.3 is 0 Å². The standard InChI is InChI=1S/C23H28N2O4/c1-17-23(18(2)29-24-17)16-28-22-11-9-19(10-12-22)13-25(3)14-20(26)15-27-21-7-5-4-6-8-21/h4-12,20,26H,13-16H2,1-3H3/t20-/m0/s1. The van der Waals surface area contributed by atoms with Crippen molar-refractivity contribution in [3.63, 3.8) is 0 Å². The predicted molar refractivity (Wildman–Crippen MR) is 111 cm³/mol. The van der Waals surface area contributed by atoms with Gasteiger partial charge in [-0.15, -0.1) is 0 Å². The molecule has 0 amide bonds. The molecule has 0 saturated carbocycles. The van der Waals surface area contributed by atoms with Crippen molar-refractivity contribution in [2.24, 2.45) is 0 Å². The fourth-order valence-corrected chi connectivity index (χ4v) is 3.05. The average molecular weight is 396 g/mol. The zero-order chi connectivity index (χ0) is 20.6. The van der Waals surface area contributed by atoms with Crippen molar-refractivity contribution >= 4 is 0 Å². The molecule has 1 atom stereocenters. The third-order valence-electron chi connectivity index (χ3n) is 4.65. The molecule has 0 spiro atoms. The number of rotatable bonds is 10. The predicted octanol–water partition coefficient (Wildman–Crippen LogP) is 3.74. The molecular weight excluding hydrogens is 368 g/mol. The maximum atomic E-state index is 10.2. The molecule has 6 nitrogen and oxygen atoms in total. The maximum absolute atomic E-state index is 10.2. The van der Waals surface area contributed by atoms with Crippen LogP contribution in [-0.2, 0) is 13.2 Å². The van der Waals surface area contributed by atoms with Crippen molar-refractivity contribution < 1.29 is 19.1 Å². The molecule has 2 aromatic carbocycles. The number of para-hydroxylation sites is 1. The van der Waals surface area contributed by atoms with Crippen molar-refractivity contribution in [3.8, 4) is 11.5 Å². The highest BCUT2D eigenvalue weighted by molar-refractivity contribution is 5.28. The van der Waals surface area contributed by atoms with Gasteiger partial charge in [0.15, 0.2) is 0 Å². The number of aryl methyl sites for hydroxylation is 2. The van der Waals surface area contributed by atoms with Crippen LogP contribution in [0.2, 0.25) is 0 Å². The van der Waals surface area contributed by atoms with Crippen LogP contribution >= 0.6 is 0 Å². The Morgan fingerprint density at radius 2 is 1.69 bits per heavy atom. The van der Waals surface area contributed by atoms with Crippen LogP contribution in [0.15, 0.2) is 59.1 Å². The fraction of sp³-hybridized carbons (Fsp3) is 0.348. The molecule has 0 bridgehead atoms. The first-order valence-electron chi connectivity index (χ1n) is 9.69. The van der Waals surface area contributed by atoms with Crippen LogP contribution in [0, 0.1) is 13.8 Å². The average Bonchev–Trinajstić information content (AvgIpc) is 3.04. The minimum Gasteiger partial charge on any atom is -0.491 e. The van der Waals surface area contributed by atoms with Gasteiger partial charge in [0, 0.05) is 13.1 Å². The van der Waals surface area contributed by atoms with Gasteiger partial charge in [-0.05, 0) is 50.7 Å². The Kier molecular flexibility index (Phi) is 7.27. The summed E-state index contributed by atoms with van der Waals surface area (Å²) in [5.41, 5.74) is 2.99. The van der Waals surface area contributed by atoms with E-state index in [2.05, 4.69) is 10.1 Å². The lowest BCUT2D eigenvalue weighted by Crippen LogP contribution is -2.32. The van der Waals surface area contributed by atoms with Gasteiger partial charge in [0.25, 0.3) is 0 Å². The van der Waals surface area contributed by atoms with Gasteiger partial charge in [-0.25, -0.2) is 0 Å². The van der Waals surface area contributed by atoms with E-state index >= 15 is 0 Å². The number of nitrogens with zero attached hydrogens (tertiary/aromatic N) is 2. The zero-order valence-electron chi connectivity index (χ0n) is 17.2. The largest absolute Gasteiger partial charge is 0.491 e. The summed E-state index contributed by atoms with van der Waals surface area (Å²) in [5, 5.41) is 14.1. The molecule has 6 heteroatoms. The summed E-state index contributed by atoms with van der Waals surface area (Å²) in [6.07, 6.45) is -0.558. The van der Waals surface area contributed by atoms with Crippen LogP contribution < -0.4 is 9.47 Å². The quantitative estimate of drug-likeness (QED) is 0.563. The molecule has 29 heavy (non-hydrogen) atoms. The maximum Gasteiger partial charge on any atom is 0.140 e. The molecule has 0 fully saturated rings. The summed E-state index contributed by atoms with van der Waals surface area (Å²) in [7, 11) is 1.98. The number of aliphatic hydroxyl groups excluding tert-OH is 1. The zero-order valence-corrected chi connectivity index (χ0v) is 17.2. The number of ether oxygens (including phenoxy) is 2. The van der Waals surface area contributed by atoms with E-state index in [9.17, 15) is 5.11 Å². The smallest absolute Gasteiger partial charge is 0.140 e. The molecule has 0 aliphatic rings. The first-order valence-corrected chi connectivity index (χ1v) is 9.69. The highest BCUT2D eigenvalue weighted by Gasteiger charge is 2.11. The first kappa shape index (κ1) is 20.9. The van der Waals surface area contributed by atoms with Gasteiger partial charge in [-0.1, -0.05) is 35.5 Å². The normalized spacial score (nSPS) is 12.2. The van der Waals surface area contributed by atoms with E-state index in [0.29, 0.717) is 13.2 Å². The number of aromatic nitrogens is 1. The summed E-state index contributed by atoms with van der Waals surface area (Å²) >= 11 is 0. The second-order valence-corrected chi connectivity index (χ2v) is 7.21. The Morgan fingerprint density at radius 3 is 2.34 bits per heavy atom. The number of aliphatic hydroxyl groups is 1. The van der Waals surface area contributed by atoms with E-state index in [1.807, 2.05) is 75.5 Å². The first-order chi connectivity index (χ1) is 14.0. The van der Waals surface area contributed by atoms with Crippen LogP contribution in [0.25, 0.3) is 0 Å². The van der Waals surface area contributed by atoms with Crippen molar-refractivity contribution in [2.75, 3.05) is 20.2 Å². The Balaban J connectivity index is 1.42. The molecule has 3 aromatic rings. The summed E-state index contributed by atoms with van der Waals surface area (Å²) in [4.78, 5) is 2.07. The number of likely N-dealkylation sites (N-methyl/N-ethyl adjacent to an activating group) is 1. The Bertz CT molecular complexity index is 858. The van der Waals surface area contributed by atoms with Gasteiger partial charge in [0.2, 0.25) is 0 Å². The Morgan fingerprint density at radius 1 is 1.00 bits per heavy atom. The van der Waals surface area contributed by atoms with Gasteiger partial charge in [-0.3, -0.25) is 4.90 Å². The lowest BCUT2D eigenvalue weighted by atomic mass is 10.2. The Hall–Kier alpha value is -2.83. The highest BCUT2D eigenvalue weighted by atomic mass is 16.5. The minimum atomic E-state index is -0.558. The monoisotopic (exact) mass is 396 g/mol. The van der Waals surface area contributed by atoms with Crippen LogP contribution in [-0.4, -0.2) is 41.5 Å². The van der Waals surface area contributed by atoms with Crippen LogP contribution in [0.3, 0.4) is 0 Å². The van der Waals surface area contributed by atoms with Crippen LogP contribution in [0.4, 0.5) is 0 Å². The molecule has 0 aliphatic carbocycles. The van der Waals surface area contributed by atoms with Crippen LogP contribution in [0.1, 0.15) is 22.6 Å². The fourth-order valence-electron chi connectivity index (χ4n) is 3.05. The molecule has 3 rings (SSSR count). The molecule has 0 unspecified atom stereocenters. The third kappa shape index (κ3) is 6.34. The van der Waals surface area contributed by atoms with E-state index in [4.69, 9.17) is 14.0 Å². The van der Waals surface area contributed by atoms with Gasteiger partial charge in [0.05, 0.1) is 11.3 Å². The van der Waals surface area contributed by atoms with Crippen molar-refractivity contribution in [2.45, 2.75) is 33.1 Å². The SMILES string of the molecule is Cc1noc(C)c1COc1ccc(CN(C)C[C@H](O)COc2ccccc2)cc1. The molecule has 1 N–H and O–H groups in total. The van der Waals surface area contributed by atoms with Crippen molar-refractivity contribution in [1.82, 2.24) is 10.1 Å². The number of hydrogen-bond donors (Lipinski definition) is 1. The second-order valence-electron chi connectivity index (χ2n) is 7.21. The lowest BCUT2D eigenvalue weighted by molar-refractivity contribution is 0.0744. The van der Waals surface area contributed by atoms with Gasteiger partial charge in [-0.2, -0.15) is 0 Å². The topological polar surface area (TPSA) is 68.0 Å². The van der Waals surface area contributed by atoms with E-state index in [-0.39, 0.29) is 6.61 Å². The summed E-state index contributed by atoms with van der Waals surface area (Å²) < 4.78 is 16.6. The molecule has 1 heterocycles. The van der Waals surface area contributed by atoms with Gasteiger partial charge in [0.1, 0.15) is 36.6 Å². The number of benzene rings is 2. The lowest BCUT2D eigenvalue weighted by Gasteiger charge is -2.21. The molecular formula is C23H28N2O4. The minimum absolute atomic E-state index is 0.267. The molecule has 0 aliphatic heterocycles. The summed E-state index contributed by atoms with van der Waals surface area (Å²) in [6, 6.07) is 17.5. The second kappa shape index (κ2) is 10.1. The highest BCUT2D eigenvalue weighted by Crippen LogP contribution is 2.18. The molecule has 0 radical (unpaired) electrons. The molecule has 1 aromatic heterocycles. The third-order valence-corrected chi connectivity index (χ3v) is 4.65. The van der Waals surface area contributed by atoms with Crippen molar-refractivity contribution in [3.05, 3.63) is 77.2 Å². The molecule has 0 saturated heterocycles. The van der Waals surface area contributed by atoms with E-state index in [1.54, 1.807) is 0 Å². The van der Waals surface area contributed by atoms with E-state index < -0.39 is 6.10 Å².